The van der Waals surface area contributed by atoms with E-state index in [1.807, 2.05) is 13.8 Å². The second-order valence-electron chi connectivity index (χ2n) is 6.59. The molecule has 0 atom stereocenters. The maximum Gasteiger partial charge on any atom is 0.154 e. The predicted molar refractivity (Wildman–Crippen MR) is 102 cm³/mol. The molecule has 4 heteroatoms. The van der Waals surface area contributed by atoms with Gasteiger partial charge < -0.3 is 10.0 Å². The Morgan fingerprint density at radius 3 is 2.35 bits per heavy atom. The van der Waals surface area contributed by atoms with Gasteiger partial charge in [0.2, 0.25) is 0 Å². The van der Waals surface area contributed by atoms with E-state index < -0.39 is 11.6 Å². The lowest BCUT2D eigenvalue weighted by atomic mass is 10.00. The summed E-state index contributed by atoms with van der Waals surface area (Å²) in [6.45, 7) is 5.59. The third-order valence-corrected chi connectivity index (χ3v) is 4.63. The van der Waals surface area contributed by atoms with E-state index in [4.69, 9.17) is 0 Å². The highest BCUT2D eigenvalue weighted by Crippen LogP contribution is 2.38. The molecule has 0 heterocycles. The Balaban J connectivity index is 2.19. The summed E-state index contributed by atoms with van der Waals surface area (Å²) in [5.74, 6) is -0.667. The first kappa shape index (κ1) is 17.9. The van der Waals surface area contributed by atoms with Gasteiger partial charge in [0, 0.05) is 18.2 Å². The topological polar surface area (TPSA) is 23.5 Å². The normalized spacial score (nSPS) is 10.8. The molecule has 1 N–H and O–H groups in total. The fraction of sp³-hybridized carbons (Fsp3) is 0.182. The minimum absolute atomic E-state index is 0.163. The van der Waals surface area contributed by atoms with Gasteiger partial charge in [0.15, 0.2) is 5.82 Å². The van der Waals surface area contributed by atoms with Crippen LogP contribution < -0.4 is 4.90 Å². The lowest BCUT2D eigenvalue weighted by molar-refractivity contribution is 0.471. The van der Waals surface area contributed by atoms with Crippen LogP contribution in [0.25, 0.3) is 11.1 Å². The quantitative estimate of drug-likeness (QED) is 0.621. The highest BCUT2D eigenvalue weighted by Gasteiger charge is 2.19. The maximum absolute atomic E-state index is 15.3. The Hall–Kier alpha value is -2.88. The number of nitrogens with zero attached hydrogens (tertiary/aromatic N) is 1. The Bertz CT molecular complexity index is 982. The molecule has 0 aliphatic carbocycles. The van der Waals surface area contributed by atoms with Crippen LogP contribution in [0.1, 0.15) is 16.7 Å². The number of hydrogen-bond donors (Lipinski definition) is 1. The number of phenolic OH excluding ortho intramolecular Hbond substituents is 1. The monoisotopic (exact) mass is 353 g/mol. The number of rotatable bonds is 3. The van der Waals surface area contributed by atoms with Crippen LogP contribution in [0.4, 0.5) is 20.2 Å². The number of anilines is 2. The summed E-state index contributed by atoms with van der Waals surface area (Å²) in [4.78, 5) is 1.73. The number of aryl methyl sites for hydroxylation is 2. The Labute approximate surface area is 152 Å². The first-order valence-corrected chi connectivity index (χ1v) is 8.38. The third-order valence-electron chi connectivity index (χ3n) is 4.63. The second-order valence-corrected chi connectivity index (χ2v) is 6.59. The van der Waals surface area contributed by atoms with Gasteiger partial charge in [0.25, 0.3) is 0 Å². The van der Waals surface area contributed by atoms with Gasteiger partial charge in [-0.15, -0.1) is 0 Å². The fourth-order valence-corrected chi connectivity index (χ4v) is 3.32. The summed E-state index contributed by atoms with van der Waals surface area (Å²) in [6, 6.07) is 12.8. The summed E-state index contributed by atoms with van der Waals surface area (Å²) in [6.07, 6.45) is 0. The van der Waals surface area contributed by atoms with Crippen molar-refractivity contribution >= 4 is 11.4 Å². The summed E-state index contributed by atoms with van der Waals surface area (Å²) in [7, 11) is 1.77. The molecule has 0 saturated heterocycles. The van der Waals surface area contributed by atoms with Crippen molar-refractivity contribution in [3.8, 4) is 16.9 Å². The predicted octanol–water partition coefficient (Wildman–Crippen LogP) is 6.03. The molecule has 0 aliphatic heterocycles. The minimum Gasteiger partial charge on any atom is -0.508 e. The Morgan fingerprint density at radius 2 is 1.65 bits per heavy atom. The van der Waals surface area contributed by atoms with Crippen LogP contribution in [0.2, 0.25) is 0 Å². The van der Waals surface area contributed by atoms with E-state index in [-0.39, 0.29) is 5.75 Å². The molecule has 0 aliphatic rings. The van der Waals surface area contributed by atoms with Gasteiger partial charge in [-0.05, 0) is 67.8 Å². The van der Waals surface area contributed by atoms with Gasteiger partial charge in [-0.25, -0.2) is 8.78 Å². The Kier molecular flexibility index (Phi) is 4.68. The fourth-order valence-electron chi connectivity index (χ4n) is 3.32. The van der Waals surface area contributed by atoms with Crippen molar-refractivity contribution in [1.29, 1.82) is 0 Å². The average molecular weight is 353 g/mol. The summed E-state index contributed by atoms with van der Waals surface area (Å²) >= 11 is 0. The highest BCUT2D eigenvalue weighted by atomic mass is 19.1. The first-order valence-electron chi connectivity index (χ1n) is 8.38. The van der Waals surface area contributed by atoms with E-state index >= 15 is 4.39 Å². The van der Waals surface area contributed by atoms with Crippen LogP contribution in [-0.2, 0) is 0 Å². The van der Waals surface area contributed by atoms with E-state index in [1.165, 1.54) is 12.1 Å². The van der Waals surface area contributed by atoms with E-state index in [1.54, 1.807) is 55.3 Å². The van der Waals surface area contributed by atoms with Crippen molar-refractivity contribution in [2.24, 2.45) is 0 Å². The molecular formula is C22H21F2NO. The standard InChI is InChI=1S/C22H21F2NO/c1-13-10-18(16-6-5-7-17(23)12-16)21(24)19(11-13)25(4)22-14(2)8-9-20(26)15(22)3/h5-12,26H,1-4H3. The van der Waals surface area contributed by atoms with Gasteiger partial charge in [-0.3, -0.25) is 0 Å². The van der Waals surface area contributed by atoms with Crippen molar-refractivity contribution < 1.29 is 13.9 Å². The number of phenols is 1. The molecule has 0 spiro atoms. The smallest absolute Gasteiger partial charge is 0.154 e. The minimum atomic E-state index is -0.425. The second kappa shape index (κ2) is 6.79. The zero-order chi connectivity index (χ0) is 19.0. The van der Waals surface area contributed by atoms with Crippen molar-refractivity contribution in [2.75, 3.05) is 11.9 Å². The lowest BCUT2D eigenvalue weighted by Crippen LogP contribution is -2.15. The Morgan fingerprint density at radius 1 is 0.923 bits per heavy atom. The van der Waals surface area contributed by atoms with Crippen molar-refractivity contribution in [2.45, 2.75) is 20.8 Å². The molecule has 2 nitrogen and oxygen atoms in total. The molecule has 0 unspecified atom stereocenters. The first-order chi connectivity index (χ1) is 12.3. The van der Waals surface area contributed by atoms with Gasteiger partial charge in [-0.2, -0.15) is 0 Å². The van der Waals surface area contributed by atoms with Crippen molar-refractivity contribution in [3.63, 3.8) is 0 Å². The maximum atomic E-state index is 15.3. The van der Waals surface area contributed by atoms with Gasteiger partial charge >= 0.3 is 0 Å². The third kappa shape index (κ3) is 3.15. The van der Waals surface area contributed by atoms with Crippen LogP contribution >= 0.6 is 0 Å². The van der Waals surface area contributed by atoms with E-state index in [2.05, 4.69) is 0 Å². The number of hydrogen-bond acceptors (Lipinski definition) is 2. The molecule has 0 fully saturated rings. The highest BCUT2D eigenvalue weighted by molar-refractivity contribution is 5.77. The average Bonchev–Trinajstić information content (AvgIpc) is 2.60. The number of benzene rings is 3. The summed E-state index contributed by atoms with van der Waals surface area (Å²) < 4.78 is 28.9. The number of halogens is 2. The van der Waals surface area contributed by atoms with Crippen molar-refractivity contribution in [1.82, 2.24) is 0 Å². The molecule has 0 bridgehead atoms. The molecule has 3 rings (SSSR count). The molecule has 134 valence electrons. The molecular weight excluding hydrogens is 332 g/mol. The summed E-state index contributed by atoms with van der Waals surface area (Å²) in [5.41, 5.74) is 4.44. The zero-order valence-corrected chi connectivity index (χ0v) is 15.3. The summed E-state index contributed by atoms with van der Waals surface area (Å²) in [5, 5.41) is 10.0. The largest absolute Gasteiger partial charge is 0.508 e. The van der Waals surface area contributed by atoms with E-state index in [0.717, 1.165) is 16.8 Å². The van der Waals surface area contributed by atoms with Crippen molar-refractivity contribution in [3.05, 3.63) is 76.9 Å². The molecule has 3 aromatic rings. The van der Waals surface area contributed by atoms with Gasteiger partial charge in [0.05, 0.1) is 11.4 Å². The molecule has 26 heavy (non-hydrogen) atoms. The van der Waals surface area contributed by atoms with E-state index in [9.17, 15) is 9.50 Å². The van der Waals surface area contributed by atoms with Crippen LogP contribution in [0.15, 0.2) is 48.5 Å². The number of aromatic hydroxyl groups is 1. The molecule has 0 aromatic heterocycles. The van der Waals surface area contributed by atoms with Crippen LogP contribution in [-0.4, -0.2) is 12.2 Å². The molecule has 0 saturated carbocycles. The molecule has 3 aromatic carbocycles. The van der Waals surface area contributed by atoms with Crippen LogP contribution in [0.3, 0.4) is 0 Å². The zero-order valence-electron chi connectivity index (χ0n) is 15.3. The van der Waals surface area contributed by atoms with Crippen LogP contribution in [0.5, 0.6) is 5.75 Å². The SMILES string of the molecule is Cc1cc(-c2cccc(F)c2)c(F)c(N(C)c2c(C)ccc(O)c2C)c1. The molecule has 0 amide bonds. The molecule has 0 radical (unpaired) electrons. The van der Waals surface area contributed by atoms with Gasteiger partial charge in [-0.1, -0.05) is 18.2 Å². The van der Waals surface area contributed by atoms with Gasteiger partial charge in [0.1, 0.15) is 11.6 Å². The lowest BCUT2D eigenvalue weighted by Gasteiger charge is -2.26. The van der Waals surface area contributed by atoms with Crippen LogP contribution in [0, 0.1) is 32.4 Å². The van der Waals surface area contributed by atoms with E-state index in [0.29, 0.717) is 22.4 Å².